The molecule has 1 fully saturated rings. The van der Waals surface area contributed by atoms with Crippen molar-refractivity contribution in [2.24, 2.45) is 5.92 Å². The van der Waals surface area contributed by atoms with Crippen LogP contribution in [0, 0.1) is 12.8 Å². The average molecular weight is 287 g/mol. The van der Waals surface area contributed by atoms with E-state index in [4.69, 9.17) is 4.74 Å². The summed E-state index contributed by atoms with van der Waals surface area (Å²) in [7, 11) is 0. The topological polar surface area (TPSA) is 29.5 Å². The van der Waals surface area contributed by atoms with Crippen LogP contribution in [0.15, 0.2) is 36.9 Å². The normalized spacial score (nSPS) is 15.7. The second kappa shape index (κ2) is 7.99. The second-order valence-electron chi connectivity index (χ2n) is 5.75. The molecule has 3 heteroatoms. The van der Waals surface area contributed by atoms with Gasteiger partial charge in [-0.05, 0) is 36.8 Å². The Kier molecular flexibility index (Phi) is 6.00. The van der Waals surface area contributed by atoms with E-state index >= 15 is 0 Å². The highest BCUT2D eigenvalue weighted by molar-refractivity contribution is 5.76. The van der Waals surface area contributed by atoms with Gasteiger partial charge in [-0.2, -0.15) is 0 Å². The first-order valence-electron chi connectivity index (χ1n) is 7.71. The first-order chi connectivity index (χ1) is 10.2. The number of carbonyl (C=O) groups excluding carboxylic acids is 1. The fraction of sp³-hybridized carbons (Fsp3) is 0.500. The third kappa shape index (κ3) is 4.71. The van der Waals surface area contributed by atoms with Gasteiger partial charge in [0.25, 0.3) is 0 Å². The Hall–Kier alpha value is -1.61. The number of aryl methyl sites for hydroxylation is 1. The summed E-state index contributed by atoms with van der Waals surface area (Å²) in [5.74, 6) is 0.695. The summed E-state index contributed by atoms with van der Waals surface area (Å²) in [5.41, 5.74) is 2.44. The van der Waals surface area contributed by atoms with E-state index < -0.39 is 0 Å². The van der Waals surface area contributed by atoms with Crippen LogP contribution in [-0.2, 0) is 16.1 Å². The SMILES string of the molecule is C=CCN(Cc1ccccc1C)C(=O)CC1CCOCC1. The molecule has 21 heavy (non-hydrogen) atoms. The number of hydrogen-bond donors (Lipinski definition) is 0. The lowest BCUT2D eigenvalue weighted by Crippen LogP contribution is -2.33. The Morgan fingerprint density at radius 3 is 2.76 bits per heavy atom. The number of rotatable bonds is 6. The molecule has 1 heterocycles. The molecule has 1 saturated heterocycles. The fourth-order valence-electron chi connectivity index (χ4n) is 2.73. The molecule has 0 aromatic heterocycles. The van der Waals surface area contributed by atoms with Crippen LogP contribution in [0.2, 0.25) is 0 Å². The summed E-state index contributed by atoms with van der Waals surface area (Å²) in [4.78, 5) is 14.5. The largest absolute Gasteiger partial charge is 0.381 e. The third-order valence-corrected chi connectivity index (χ3v) is 4.13. The minimum Gasteiger partial charge on any atom is -0.381 e. The van der Waals surface area contributed by atoms with Crippen molar-refractivity contribution >= 4 is 5.91 Å². The highest BCUT2D eigenvalue weighted by Crippen LogP contribution is 2.20. The maximum Gasteiger partial charge on any atom is 0.223 e. The van der Waals surface area contributed by atoms with Crippen LogP contribution in [-0.4, -0.2) is 30.6 Å². The zero-order chi connectivity index (χ0) is 15.1. The molecule has 2 rings (SSSR count). The number of ether oxygens (including phenoxy) is 1. The highest BCUT2D eigenvalue weighted by Gasteiger charge is 2.21. The molecule has 0 aliphatic carbocycles. The van der Waals surface area contributed by atoms with Gasteiger partial charge in [-0.1, -0.05) is 30.3 Å². The van der Waals surface area contributed by atoms with Crippen molar-refractivity contribution in [2.45, 2.75) is 32.7 Å². The van der Waals surface area contributed by atoms with Gasteiger partial charge in [0.15, 0.2) is 0 Å². The van der Waals surface area contributed by atoms with Gasteiger partial charge in [0.05, 0.1) is 0 Å². The lowest BCUT2D eigenvalue weighted by atomic mass is 9.95. The zero-order valence-corrected chi connectivity index (χ0v) is 12.9. The maximum atomic E-state index is 12.6. The Labute approximate surface area is 127 Å². The predicted molar refractivity (Wildman–Crippen MR) is 85.0 cm³/mol. The molecule has 0 N–H and O–H groups in total. The number of hydrogen-bond acceptors (Lipinski definition) is 2. The van der Waals surface area contributed by atoms with Gasteiger partial charge >= 0.3 is 0 Å². The molecule has 0 unspecified atom stereocenters. The smallest absolute Gasteiger partial charge is 0.223 e. The standard InChI is InChI=1S/C18H25NO2/c1-3-10-19(14-17-7-5-4-6-15(17)2)18(20)13-16-8-11-21-12-9-16/h3-7,16H,1,8-14H2,2H3. The van der Waals surface area contributed by atoms with Crippen molar-refractivity contribution in [3.8, 4) is 0 Å². The Balaban J connectivity index is 1.98. The first kappa shape index (κ1) is 15.8. The average Bonchev–Trinajstić information content (AvgIpc) is 2.50. The monoisotopic (exact) mass is 287 g/mol. The van der Waals surface area contributed by atoms with Crippen LogP contribution in [0.5, 0.6) is 0 Å². The van der Waals surface area contributed by atoms with E-state index in [-0.39, 0.29) is 5.91 Å². The molecule has 0 radical (unpaired) electrons. The summed E-state index contributed by atoms with van der Waals surface area (Å²) in [6.45, 7) is 8.72. The van der Waals surface area contributed by atoms with Gasteiger partial charge < -0.3 is 9.64 Å². The predicted octanol–water partition coefficient (Wildman–Crippen LogP) is 3.33. The minimum absolute atomic E-state index is 0.227. The van der Waals surface area contributed by atoms with Crippen molar-refractivity contribution in [2.75, 3.05) is 19.8 Å². The number of carbonyl (C=O) groups is 1. The molecule has 114 valence electrons. The van der Waals surface area contributed by atoms with Crippen molar-refractivity contribution in [1.29, 1.82) is 0 Å². The molecule has 0 spiro atoms. The quantitative estimate of drug-likeness (QED) is 0.751. The third-order valence-electron chi connectivity index (χ3n) is 4.13. The molecule has 0 atom stereocenters. The van der Waals surface area contributed by atoms with E-state index in [0.717, 1.165) is 26.1 Å². The van der Waals surface area contributed by atoms with Gasteiger partial charge in [0.2, 0.25) is 5.91 Å². The van der Waals surface area contributed by atoms with E-state index in [0.29, 0.717) is 25.4 Å². The van der Waals surface area contributed by atoms with Crippen molar-refractivity contribution < 1.29 is 9.53 Å². The Morgan fingerprint density at radius 2 is 2.10 bits per heavy atom. The molecule has 0 bridgehead atoms. The summed E-state index contributed by atoms with van der Waals surface area (Å²) in [6, 6.07) is 8.23. The lowest BCUT2D eigenvalue weighted by molar-refractivity contribution is -0.133. The van der Waals surface area contributed by atoms with E-state index in [1.807, 2.05) is 17.0 Å². The molecular weight excluding hydrogens is 262 g/mol. The second-order valence-corrected chi connectivity index (χ2v) is 5.75. The molecular formula is C18H25NO2. The maximum absolute atomic E-state index is 12.6. The summed E-state index contributed by atoms with van der Waals surface area (Å²) < 4.78 is 5.36. The number of benzene rings is 1. The Morgan fingerprint density at radius 1 is 1.38 bits per heavy atom. The van der Waals surface area contributed by atoms with E-state index in [2.05, 4.69) is 25.6 Å². The van der Waals surface area contributed by atoms with Crippen LogP contribution in [0.3, 0.4) is 0 Å². The van der Waals surface area contributed by atoms with Crippen LogP contribution >= 0.6 is 0 Å². The van der Waals surface area contributed by atoms with Crippen LogP contribution < -0.4 is 0 Å². The van der Waals surface area contributed by atoms with E-state index in [9.17, 15) is 4.79 Å². The van der Waals surface area contributed by atoms with Gasteiger partial charge in [0, 0.05) is 32.7 Å². The van der Waals surface area contributed by atoms with Crippen molar-refractivity contribution in [3.63, 3.8) is 0 Å². The van der Waals surface area contributed by atoms with Crippen molar-refractivity contribution in [1.82, 2.24) is 4.90 Å². The molecule has 1 aliphatic rings. The molecule has 1 aliphatic heterocycles. The number of nitrogens with zero attached hydrogens (tertiary/aromatic N) is 1. The molecule has 3 nitrogen and oxygen atoms in total. The van der Waals surface area contributed by atoms with Gasteiger partial charge in [-0.15, -0.1) is 6.58 Å². The first-order valence-corrected chi connectivity index (χ1v) is 7.71. The van der Waals surface area contributed by atoms with E-state index in [1.54, 1.807) is 6.08 Å². The summed E-state index contributed by atoms with van der Waals surface area (Å²) >= 11 is 0. The minimum atomic E-state index is 0.227. The number of amides is 1. The Bertz CT molecular complexity index is 478. The molecule has 1 aromatic carbocycles. The highest BCUT2D eigenvalue weighted by atomic mass is 16.5. The van der Waals surface area contributed by atoms with Crippen LogP contribution in [0.4, 0.5) is 0 Å². The molecule has 0 saturated carbocycles. The van der Waals surface area contributed by atoms with Gasteiger partial charge in [-0.3, -0.25) is 4.79 Å². The van der Waals surface area contributed by atoms with Gasteiger partial charge in [-0.25, -0.2) is 0 Å². The summed E-state index contributed by atoms with van der Waals surface area (Å²) in [5, 5.41) is 0. The van der Waals surface area contributed by atoms with E-state index in [1.165, 1.54) is 11.1 Å². The molecule has 1 aromatic rings. The fourth-order valence-corrected chi connectivity index (χ4v) is 2.73. The van der Waals surface area contributed by atoms with Crippen LogP contribution in [0.1, 0.15) is 30.4 Å². The van der Waals surface area contributed by atoms with Gasteiger partial charge in [0.1, 0.15) is 0 Å². The summed E-state index contributed by atoms with van der Waals surface area (Å²) in [6.07, 6.45) is 4.43. The lowest BCUT2D eigenvalue weighted by Gasteiger charge is -2.26. The van der Waals surface area contributed by atoms with Crippen molar-refractivity contribution in [3.05, 3.63) is 48.0 Å². The van der Waals surface area contributed by atoms with Crippen LogP contribution in [0.25, 0.3) is 0 Å². The molecule has 1 amide bonds. The zero-order valence-electron chi connectivity index (χ0n) is 12.9.